The maximum atomic E-state index is 11.9. The average molecular weight is 434 g/mol. The van der Waals surface area contributed by atoms with E-state index < -0.39 is 15.3 Å². The second-order valence-electron chi connectivity index (χ2n) is 3.98. The SMILES string of the molecule is NS(=O)(=O)C1CC(=O)N(c2ncc(Br)c(Cl)c2Br)C1. The molecule has 1 aliphatic heterocycles. The molecule has 0 saturated carbocycles. The normalized spacial score (nSPS) is 20.1. The fourth-order valence-electron chi connectivity index (χ4n) is 1.72. The van der Waals surface area contributed by atoms with Crippen molar-refractivity contribution in [3.8, 4) is 0 Å². The highest BCUT2D eigenvalue weighted by Gasteiger charge is 2.38. The second kappa shape index (κ2) is 5.28. The minimum Gasteiger partial charge on any atom is -0.294 e. The molecule has 1 aromatic rings. The summed E-state index contributed by atoms with van der Waals surface area (Å²) in [7, 11) is -3.76. The van der Waals surface area contributed by atoms with Gasteiger partial charge in [0.25, 0.3) is 0 Å². The first-order chi connectivity index (χ1) is 8.71. The summed E-state index contributed by atoms with van der Waals surface area (Å²) in [6.07, 6.45) is 1.29. The number of hydrogen-bond donors (Lipinski definition) is 1. The molecule has 0 radical (unpaired) electrons. The van der Waals surface area contributed by atoms with Gasteiger partial charge in [0, 0.05) is 19.2 Å². The van der Waals surface area contributed by atoms with E-state index in [-0.39, 0.29) is 24.7 Å². The number of amides is 1. The summed E-state index contributed by atoms with van der Waals surface area (Å²) in [4.78, 5) is 17.2. The van der Waals surface area contributed by atoms with Gasteiger partial charge in [0.1, 0.15) is 5.25 Å². The number of sulfonamides is 1. The Kier molecular flexibility index (Phi) is 4.22. The number of nitrogens with two attached hydrogens (primary N) is 1. The number of hydrogen-bond acceptors (Lipinski definition) is 4. The van der Waals surface area contributed by atoms with Gasteiger partial charge in [-0.25, -0.2) is 18.5 Å². The van der Waals surface area contributed by atoms with Crippen molar-refractivity contribution in [1.82, 2.24) is 4.98 Å². The third kappa shape index (κ3) is 2.94. The van der Waals surface area contributed by atoms with Crippen LogP contribution in [0, 0.1) is 0 Å². The van der Waals surface area contributed by atoms with Crippen molar-refractivity contribution in [3.05, 3.63) is 20.2 Å². The molecular weight excluding hydrogens is 425 g/mol. The molecular formula is C9H8Br2ClN3O3S. The van der Waals surface area contributed by atoms with Crippen molar-refractivity contribution in [1.29, 1.82) is 0 Å². The largest absolute Gasteiger partial charge is 0.294 e. The van der Waals surface area contributed by atoms with Gasteiger partial charge in [-0.15, -0.1) is 0 Å². The van der Waals surface area contributed by atoms with Crippen LogP contribution >= 0.6 is 43.5 Å². The molecule has 1 fully saturated rings. The summed E-state index contributed by atoms with van der Waals surface area (Å²) in [5.74, 6) is -0.0741. The van der Waals surface area contributed by atoms with Crippen molar-refractivity contribution in [2.45, 2.75) is 11.7 Å². The van der Waals surface area contributed by atoms with Gasteiger partial charge in [-0.05, 0) is 31.9 Å². The van der Waals surface area contributed by atoms with Crippen molar-refractivity contribution in [2.75, 3.05) is 11.4 Å². The molecule has 19 heavy (non-hydrogen) atoms. The molecule has 1 amide bonds. The van der Waals surface area contributed by atoms with Gasteiger partial charge < -0.3 is 0 Å². The maximum Gasteiger partial charge on any atom is 0.229 e. The summed E-state index contributed by atoms with van der Waals surface area (Å²) in [6, 6.07) is 0. The van der Waals surface area contributed by atoms with Crippen molar-refractivity contribution in [3.63, 3.8) is 0 Å². The molecule has 0 spiro atoms. The Bertz CT molecular complexity index is 652. The van der Waals surface area contributed by atoms with Crippen LogP contribution in [0.3, 0.4) is 0 Å². The van der Waals surface area contributed by atoms with E-state index in [0.29, 0.717) is 14.0 Å². The molecule has 1 aromatic heterocycles. The van der Waals surface area contributed by atoms with Gasteiger partial charge in [-0.2, -0.15) is 0 Å². The van der Waals surface area contributed by atoms with Gasteiger partial charge in [0.05, 0.1) is 14.0 Å². The molecule has 2 rings (SSSR count). The van der Waals surface area contributed by atoms with Crippen LogP contribution in [0.4, 0.5) is 5.82 Å². The zero-order valence-electron chi connectivity index (χ0n) is 9.31. The zero-order chi connectivity index (χ0) is 14.4. The number of halogens is 3. The standard InChI is InChI=1S/C9H8Br2ClN3O3S/c10-5-2-14-9(7(11)8(5)12)15-3-4(1-6(15)16)19(13,17)18/h2,4H,1,3H2,(H2,13,17,18). The molecule has 0 aliphatic carbocycles. The lowest BCUT2D eigenvalue weighted by molar-refractivity contribution is -0.117. The van der Waals surface area contributed by atoms with E-state index >= 15 is 0 Å². The summed E-state index contributed by atoms with van der Waals surface area (Å²) in [5, 5.41) is 4.50. The smallest absolute Gasteiger partial charge is 0.229 e. The summed E-state index contributed by atoms with van der Waals surface area (Å²) in [6.45, 7) is -0.0266. The Hall–Kier alpha value is -0.220. The maximum absolute atomic E-state index is 11.9. The van der Waals surface area contributed by atoms with Crippen molar-refractivity contribution in [2.24, 2.45) is 5.14 Å². The van der Waals surface area contributed by atoms with E-state index in [1.807, 2.05) is 0 Å². The molecule has 2 N–H and O–H groups in total. The monoisotopic (exact) mass is 431 g/mol. The number of nitrogens with zero attached hydrogens (tertiary/aromatic N) is 2. The zero-order valence-corrected chi connectivity index (χ0v) is 14.1. The highest BCUT2D eigenvalue weighted by Crippen LogP contribution is 2.37. The van der Waals surface area contributed by atoms with Gasteiger partial charge in [0.2, 0.25) is 15.9 Å². The second-order valence-corrected chi connectivity index (χ2v) is 7.85. The number of primary sulfonamides is 1. The van der Waals surface area contributed by atoms with E-state index in [1.165, 1.54) is 11.1 Å². The number of aromatic nitrogens is 1. The van der Waals surface area contributed by atoms with E-state index in [4.69, 9.17) is 16.7 Å². The predicted molar refractivity (Wildman–Crippen MR) is 78.5 cm³/mol. The average Bonchev–Trinajstić information content (AvgIpc) is 2.68. The third-order valence-electron chi connectivity index (χ3n) is 2.71. The van der Waals surface area contributed by atoms with Crippen LogP contribution < -0.4 is 10.0 Å². The third-order valence-corrected chi connectivity index (χ3v) is 6.16. The van der Waals surface area contributed by atoms with E-state index in [2.05, 4.69) is 36.8 Å². The van der Waals surface area contributed by atoms with Crippen molar-refractivity contribution >= 4 is 65.2 Å². The van der Waals surface area contributed by atoms with E-state index in [9.17, 15) is 13.2 Å². The molecule has 0 aromatic carbocycles. The van der Waals surface area contributed by atoms with Crippen LogP contribution in [-0.4, -0.2) is 31.1 Å². The summed E-state index contributed by atoms with van der Waals surface area (Å²) in [5.41, 5.74) is 0. The highest BCUT2D eigenvalue weighted by molar-refractivity contribution is 9.11. The summed E-state index contributed by atoms with van der Waals surface area (Å²) < 4.78 is 23.6. The molecule has 2 heterocycles. The van der Waals surface area contributed by atoms with Crippen LogP contribution in [0.25, 0.3) is 0 Å². The molecule has 104 valence electrons. The molecule has 1 saturated heterocycles. The first kappa shape index (κ1) is 15.2. The number of pyridine rings is 1. The predicted octanol–water partition coefficient (Wildman–Crippen LogP) is 1.65. The van der Waals surface area contributed by atoms with Gasteiger partial charge in [0.15, 0.2) is 5.82 Å². The minimum absolute atomic E-state index is 0.0266. The minimum atomic E-state index is -3.76. The van der Waals surface area contributed by atoms with Crippen LogP contribution in [0.2, 0.25) is 5.02 Å². The Morgan fingerprint density at radius 3 is 2.63 bits per heavy atom. The van der Waals surface area contributed by atoms with Crippen LogP contribution in [0.15, 0.2) is 15.1 Å². The lowest BCUT2D eigenvalue weighted by Crippen LogP contribution is -2.32. The van der Waals surface area contributed by atoms with Gasteiger partial charge in [-0.1, -0.05) is 11.6 Å². The molecule has 1 unspecified atom stereocenters. The Morgan fingerprint density at radius 1 is 1.47 bits per heavy atom. The number of carbonyl (C=O) groups is 1. The van der Waals surface area contributed by atoms with Crippen LogP contribution in [-0.2, 0) is 14.8 Å². The Labute approximate surface area is 131 Å². The summed E-state index contributed by atoms with van der Waals surface area (Å²) >= 11 is 12.5. The fourth-order valence-corrected chi connectivity index (χ4v) is 3.68. The lowest BCUT2D eigenvalue weighted by Gasteiger charge is -2.17. The Balaban J connectivity index is 2.39. The van der Waals surface area contributed by atoms with Crippen LogP contribution in [0.1, 0.15) is 6.42 Å². The quantitative estimate of drug-likeness (QED) is 0.768. The fraction of sp³-hybridized carbons (Fsp3) is 0.333. The first-order valence-electron chi connectivity index (χ1n) is 5.03. The van der Waals surface area contributed by atoms with Crippen LogP contribution in [0.5, 0.6) is 0 Å². The van der Waals surface area contributed by atoms with E-state index in [1.54, 1.807) is 0 Å². The molecule has 10 heteroatoms. The van der Waals surface area contributed by atoms with Gasteiger partial charge >= 0.3 is 0 Å². The first-order valence-corrected chi connectivity index (χ1v) is 8.60. The number of anilines is 1. The highest BCUT2D eigenvalue weighted by atomic mass is 79.9. The molecule has 1 atom stereocenters. The Morgan fingerprint density at radius 2 is 2.11 bits per heavy atom. The lowest BCUT2D eigenvalue weighted by atomic mass is 10.4. The molecule has 1 aliphatic rings. The van der Waals surface area contributed by atoms with Crippen molar-refractivity contribution < 1.29 is 13.2 Å². The molecule has 6 nitrogen and oxygen atoms in total. The number of rotatable bonds is 2. The van der Waals surface area contributed by atoms with E-state index in [0.717, 1.165) is 0 Å². The topological polar surface area (TPSA) is 93.4 Å². The van der Waals surface area contributed by atoms with Gasteiger partial charge in [-0.3, -0.25) is 9.69 Å². The molecule has 0 bridgehead atoms. The number of carbonyl (C=O) groups excluding carboxylic acids is 1.